The third-order valence-electron chi connectivity index (χ3n) is 4.40. The van der Waals surface area contributed by atoms with Crippen molar-refractivity contribution in [1.82, 2.24) is 4.98 Å². The minimum Gasteiger partial charge on any atom is -0.511 e. The Morgan fingerprint density at radius 3 is 2.50 bits per heavy atom. The Bertz CT molecular complexity index is 773. The van der Waals surface area contributed by atoms with Crippen molar-refractivity contribution < 1.29 is 14.7 Å². The Labute approximate surface area is 164 Å². The van der Waals surface area contributed by atoms with Gasteiger partial charge in [0.05, 0.1) is 27.0 Å². The van der Waals surface area contributed by atoms with Gasteiger partial charge in [0.25, 0.3) is 0 Å². The first kappa shape index (κ1) is 20.7. The van der Waals surface area contributed by atoms with Gasteiger partial charge in [0.2, 0.25) is 0 Å². The van der Waals surface area contributed by atoms with Gasteiger partial charge in [-0.1, -0.05) is 41.7 Å². The Hall–Kier alpha value is -1.59. The molecule has 0 aliphatic heterocycles. The predicted molar refractivity (Wildman–Crippen MR) is 104 cm³/mol. The molecule has 1 atom stereocenters. The molecule has 1 aromatic heterocycles. The van der Waals surface area contributed by atoms with E-state index >= 15 is 0 Å². The highest BCUT2D eigenvalue weighted by molar-refractivity contribution is 6.43. The van der Waals surface area contributed by atoms with Gasteiger partial charge in [-0.2, -0.15) is 0 Å². The number of carbonyl (C=O) groups excluding carboxylic acids is 1. The number of ketones is 1. The minimum absolute atomic E-state index is 0.0188. The summed E-state index contributed by atoms with van der Waals surface area (Å²) in [6, 6.07) is 0. The molecule has 0 bridgehead atoms. The number of pyridine rings is 1. The average molecular weight is 399 g/mol. The number of carbonyl (C=O) groups is 1. The molecule has 0 radical (unpaired) electrons. The molecule has 1 N–H and O–H groups in total. The van der Waals surface area contributed by atoms with E-state index in [4.69, 9.17) is 28.0 Å². The van der Waals surface area contributed by atoms with Gasteiger partial charge in [-0.05, 0) is 32.8 Å². The quantitative estimate of drug-likeness (QED) is 0.510. The molecule has 1 aromatic rings. The van der Waals surface area contributed by atoms with Crippen molar-refractivity contribution >= 4 is 34.7 Å². The number of rotatable bonds is 6. The number of aromatic nitrogens is 1. The Balaban J connectivity index is 2.43. The van der Waals surface area contributed by atoms with E-state index in [0.29, 0.717) is 34.5 Å². The number of oxime groups is 1. The van der Waals surface area contributed by atoms with Crippen molar-refractivity contribution in [3.8, 4) is 0 Å². The second-order valence-electron chi connectivity index (χ2n) is 6.38. The maximum atomic E-state index is 12.8. The summed E-state index contributed by atoms with van der Waals surface area (Å²) in [6.07, 6.45) is 1.86. The van der Waals surface area contributed by atoms with Gasteiger partial charge >= 0.3 is 0 Å². The minimum atomic E-state index is -0.265. The lowest BCUT2D eigenvalue weighted by Crippen LogP contribution is -2.25. The van der Waals surface area contributed by atoms with Crippen molar-refractivity contribution in [3.05, 3.63) is 38.3 Å². The van der Waals surface area contributed by atoms with E-state index in [1.54, 1.807) is 6.92 Å². The second-order valence-corrected chi connectivity index (χ2v) is 7.14. The zero-order valence-electron chi connectivity index (χ0n) is 15.5. The van der Waals surface area contributed by atoms with Gasteiger partial charge in [-0.3, -0.25) is 9.78 Å². The number of aliphatic hydroxyl groups is 1. The fourth-order valence-electron chi connectivity index (χ4n) is 3.29. The zero-order valence-corrected chi connectivity index (χ0v) is 17.0. The fraction of sp³-hybridized carbons (Fsp3) is 0.526. The maximum Gasteiger partial charge on any atom is 0.168 e. The number of aliphatic hydroxyl groups excluding tert-OH is 1. The van der Waals surface area contributed by atoms with Crippen LogP contribution in [0.2, 0.25) is 10.0 Å². The zero-order chi connectivity index (χ0) is 19.4. The van der Waals surface area contributed by atoms with Crippen LogP contribution in [0, 0.1) is 13.8 Å². The molecule has 0 saturated heterocycles. The maximum absolute atomic E-state index is 12.8. The van der Waals surface area contributed by atoms with Crippen LogP contribution in [-0.2, 0) is 9.63 Å². The molecule has 7 heteroatoms. The van der Waals surface area contributed by atoms with E-state index in [9.17, 15) is 9.90 Å². The molecular weight excluding hydrogens is 375 g/mol. The van der Waals surface area contributed by atoms with Crippen molar-refractivity contribution in [3.63, 3.8) is 0 Å². The second kappa shape index (κ2) is 8.87. The van der Waals surface area contributed by atoms with E-state index in [1.807, 2.05) is 20.8 Å². The summed E-state index contributed by atoms with van der Waals surface area (Å²) in [5.74, 6) is -0.414. The molecule has 0 amide bonds. The molecule has 2 rings (SSSR count). The third kappa shape index (κ3) is 4.21. The number of hydrogen-bond acceptors (Lipinski definition) is 5. The number of allylic oxidation sites excluding steroid dienone is 2. The summed E-state index contributed by atoms with van der Waals surface area (Å²) in [7, 11) is 0. The van der Waals surface area contributed by atoms with Crippen molar-refractivity contribution in [2.75, 3.05) is 6.61 Å². The molecule has 1 unspecified atom stereocenters. The number of nitrogens with zero attached hydrogens (tertiary/aromatic N) is 2. The van der Waals surface area contributed by atoms with Crippen molar-refractivity contribution in [1.29, 1.82) is 0 Å². The molecular formula is C19H24Cl2N2O3. The lowest BCUT2D eigenvalue weighted by Gasteiger charge is -2.26. The highest BCUT2D eigenvalue weighted by Gasteiger charge is 2.34. The molecule has 0 spiro atoms. The number of halogens is 2. The molecule has 1 aliphatic rings. The Kier molecular flexibility index (Phi) is 7.07. The molecule has 1 heterocycles. The van der Waals surface area contributed by atoms with Gasteiger partial charge in [-0.25, -0.2) is 0 Å². The van der Waals surface area contributed by atoms with Gasteiger partial charge in [0, 0.05) is 24.5 Å². The first-order valence-electron chi connectivity index (χ1n) is 8.78. The molecule has 5 nitrogen and oxygen atoms in total. The summed E-state index contributed by atoms with van der Waals surface area (Å²) in [5.41, 5.74) is 2.87. The SMILES string of the molecule is CCCC(=NOCC)C1=C(O)CC(c2c(C)nc(C)c(Cl)c2Cl)CC1=O. The van der Waals surface area contributed by atoms with E-state index in [-0.39, 0.29) is 35.9 Å². The first-order valence-corrected chi connectivity index (χ1v) is 9.53. The lowest BCUT2D eigenvalue weighted by atomic mass is 9.80. The van der Waals surface area contributed by atoms with Crippen LogP contribution < -0.4 is 0 Å². The molecule has 1 aliphatic carbocycles. The standard InChI is InChI=1S/C19H24Cl2N2O3/c1-5-7-13(23-26-6-2)17-14(24)8-12(9-15(17)25)16-10(3)22-11(4)18(20)19(16)21/h12,24H,5-9H2,1-4H3. The normalized spacial score (nSPS) is 18.5. The van der Waals surface area contributed by atoms with Crippen molar-refractivity contribution in [2.45, 2.75) is 59.3 Å². The molecule has 26 heavy (non-hydrogen) atoms. The Morgan fingerprint density at radius 1 is 1.23 bits per heavy atom. The van der Waals surface area contributed by atoms with E-state index < -0.39 is 0 Å². The average Bonchev–Trinajstić information content (AvgIpc) is 2.57. The summed E-state index contributed by atoms with van der Waals surface area (Å²) >= 11 is 12.7. The topological polar surface area (TPSA) is 71.8 Å². The highest BCUT2D eigenvalue weighted by Crippen LogP contribution is 2.41. The van der Waals surface area contributed by atoms with Gasteiger partial charge in [-0.15, -0.1) is 0 Å². The largest absolute Gasteiger partial charge is 0.511 e. The van der Waals surface area contributed by atoms with E-state index in [0.717, 1.165) is 17.7 Å². The monoisotopic (exact) mass is 398 g/mol. The predicted octanol–water partition coefficient (Wildman–Crippen LogP) is 5.46. The van der Waals surface area contributed by atoms with Crippen LogP contribution in [0.25, 0.3) is 0 Å². The van der Waals surface area contributed by atoms with Gasteiger partial charge < -0.3 is 9.94 Å². The molecule has 0 aromatic carbocycles. The van der Waals surface area contributed by atoms with Crippen LogP contribution >= 0.6 is 23.2 Å². The summed E-state index contributed by atoms with van der Waals surface area (Å²) in [6.45, 7) is 7.83. The smallest absolute Gasteiger partial charge is 0.168 e. The molecule has 0 saturated carbocycles. The van der Waals surface area contributed by atoms with Gasteiger partial charge in [0.1, 0.15) is 12.4 Å². The summed E-state index contributed by atoms with van der Waals surface area (Å²) in [5, 5.41) is 15.4. The van der Waals surface area contributed by atoms with Crippen LogP contribution in [-0.4, -0.2) is 28.2 Å². The summed E-state index contributed by atoms with van der Waals surface area (Å²) < 4.78 is 0. The molecule has 0 fully saturated rings. The Morgan fingerprint density at radius 2 is 1.92 bits per heavy atom. The summed E-state index contributed by atoms with van der Waals surface area (Å²) in [4.78, 5) is 22.3. The number of aryl methyl sites for hydroxylation is 2. The van der Waals surface area contributed by atoms with E-state index in [1.165, 1.54) is 0 Å². The number of Topliss-reactive ketones (excluding diaryl/α,β-unsaturated/α-hetero) is 1. The van der Waals surface area contributed by atoms with Crippen LogP contribution in [0.1, 0.15) is 62.4 Å². The van der Waals surface area contributed by atoms with Crippen LogP contribution in [0.15, 0.2) is 16.5 Å². The van der Waals surface area contributed by atoms with Gasteiger partial charge in [0.15, 0.2) is 5.78 Å². The third-order valence-corrected chi connectivity index (χ3v) is 5.35. The van der Waals surface area contributed by atoms with Crippen molar-refractivity contribution in [2.24, 2.45) is 5.16 Å². The lowest BCUT2D eigenvalue weighted by molar-refractivity contribution is -0.116. The van der Waals surface area contributed by atoms with Crippen LogP contribution in [0.4, 0.5) is 0 Å². The van der Waals surface area contributed by atoms with E-state index in [2.05, 4.69) is 10.1 Å². The number of hydrogen-bond donors (Lipinski definition) is 1. The van der Waals surface area contributed by atoms with Crippen LogP contribution in [0.5, 0.6) is 0 Å². The highest BCUT2D eigenvalue weighted by atomic mass is 35.5. The molecule has 142 valence electrons. The first-order chi connectivity index (χ1) is 12.3. The fourth-order valence-corrected chi connectivity index (χ4v) is 3.86. The van der Waals surface area contributed by atoms with Crippen LogP contribution in [0.3, 0.4) is 0 Å².